The highest BCUT2D eigenvalue weighted by Gasteiger charge is 2.33. The van der Waals surface area contributed by atoms with Gasteiger partial charge in [0.1, 0.15) is 0 Å². The molecule has 2 aliphatic heterocycles. The Kier molecular flexibility index (Phi) is 3.31. The van der Waals surface area contributed by atoms with Gasteiger partial charge in [-0.15, -0.1) is 0 Å². The lowest BCUT2D eigenvalue weighted by Crippen LogP contribution is -2.38. The van der Waals surface area contributed by atoms with Crippen LogP contribution in [0.25, 0.3) is 11.6 Å². The summed E-state index contributed by atoms with van der Waals surface area (Å²) >= 11 is 0. The molecule has 4 rings (SSSR count). The Bertz CT molecular complexity index is 712. The van der Waals surface area contributed by atoms with E-state index in [1.54, 1.807) is 0 Å². The van der Waals surface area contributed by atoms with Crippen LogP contribution in [0.3, 0.4) is 0 Å². The molecule has 3 heterocycles. The summed E-state index contributed by atoms with van der Waals surface area (Å²) in [5.74, 6) is 0.0997. The average Bonchev–Trinajstić information content (AvgIpc) is 3.27. The number of aromatic amines is 1. The van der Waals surface area contributed by atoms with Crippen LogP contribution in [-0.4, -0.2) is 35.5 Å². The van der Waals surface area contributed by atoms with Gasteiger partial charge in [0, 0.05) is 17.5 Å². The number of nitrogens with one attached hydrogen (secondary N) is 1. The molecule has 4 nitrogen and oxygen atoms in total. The van der Waals surface area contributed by atoms with E-state index in [-0.39, 0.29) is 5.91 Å². The highest BCUT2D eigenvalue weighted by Crippen LogP contribution is 2.37. The molecule has 1 saturated heterocycles. The molecule has 22 heavy (non-hydrogen) atoms. The summed E-state index contributed by atoms with van der Waals surface area (Å²) < 4.78 is 0. The fraction of sp³-hybridized carbons (Fsp3) is 0.278. The molecule has 2 aromatic rings. The number of benzene rings is 1. The van der Waals surface area contributed by atoms with Crippen LogP contribution in [-0.2, 0) is 4.79 Å². The number of carbonyl (C=O) groups is 1. The summed E-state index contributed by atoms with van der Waals surface area (Å²) in [6.07, 6.45) is 6.29. The number of aromatic nitrogens is 1. The maximum atomic E-state index is 12.9. The summed E-state index contributed by atoms with van der Waals surface area (Å²) in [7, 11) is 0. The quantitative estimate of drug-likeness (QED) is 0.884. The zero-order chi connectivity index (χ0) is 14.9. The highest BCUT2D eigenvalue weighted by atomic mass is 16.2. The van der Waals surface area contributed by atoms with Crippen molar-refractivity contribution in [1.82, 2.24) is 9.88 Å². The topological polar surface area (TPSA) is 39.3 Å². The lowest BCUT2D eigenvalue weighted by atomic mass is 10.1. The van der Waals surface area contributed by atoms with Crippen LogP contribution < -0.4 is 4.90 Å². The Morgan fingerprint density at radius 1 is 1.09 bits per heavy atom. The molecule has 4 heteroatoms. The van der Waals surface area contributed by atoms with Crippen molar-refractivity contribution < 1.29 is 4.79 Å². The zero-order valence-electron chi connectivity index (χ0n) is 12.5. The van der Waals surface area contributed by atoms with Crippen molar-refractivity contribution >= 4 is 23.2 Å². The Labute approximate surface area is 130 Å². The molecule has 0 saturated carbocycles. The van der Waals surface area contributed by atoms with E-state index in [0.717, 1.165) is 35.6 Å². The first-order chi connectivity index (χ1) is 10.8. The monoisotopic (exact) mass is 293 g/mol. The number of likely N-dealkylation sites (tertiary alicyclic amines) is 1. The lowest BCUT2D eigenvalue weighted by molar-refractivity contribution is -0.113. The van der Waals surface area contributed by atoms with Gasteiger partial charge in [0.25, 0.3) is 5.91 Å². The molecular weight excluding hydrogens is 274 g/mol. The van der Waals surface area contributed by atoms with Crippen molar-refractivity contribution in [3.63, 3.8) is 0 Å². The molecule has 0 unspecified atom stereocenters. The van der Waals surface area contributed by atoms with E-state index in [1.807, 2.05) is 53.6 Å². The largest absolute Gasteiger partial charge is 0.362 e. The van der Waals surface area contributed by atoms with Gasteiger partial charge in [0.2, 0.25) is 0 Å². The number of para-hydroxylation sites is 1. The van der Waals surface area contributed by atoms with Crippen LogP contribution >= 0.6 is 0 Å². The molecule has 0 aliphatic carbocycles. The Morgan fingerprint density at radius 2 is 1.91 bits per heavy atom. The van der Waals surface area contributed by atoms with Crippen LogP contribution in [0.5, 0.6) is 0 Å². The second kappa shape index (κ2) is 5.46. The summed E-state index contributed by atoms with van der Waals surface area (Å²) in [6, 6.07) is 12.0. The van der Waals surface area contributed by atoms with Crippen molar-refractivity contribution in [2.75, 3.05) is 24.7 Å². The fourth-order valence-electron chi connectivity index (χ4n) is 3.30. The van der Waals surface area contributed by atoms with Crippen LogP contribution in [0.1, 0.15) is 24.1 Å². The van der Waals surface area contributed by atoms with Crippen LogP contribution in [0.4, 0.5) is 5.69 Å². The normalized spacial score (nSPS) is 20.1. The molecule has 1 amide bonds. The number of amides is 1. The highest BCUT2D eigenvalue weighted by molar-refractivity contribution is 6.35. The van der Waals surface area contributed by atoms with Gasteiger partial charge in [-0.3, -0.25) is 14.6 Å². The first-order valence-electron chi connectivity index (χ1n) is 7.81. The smallest absolute Gasteiger partial charge is 0.260 e. The standard InChI is InChI=1S/C18H19N3O/c22-18-16(12-14-6-5-9-19-14)15-7-1-2-8-17(15)21(18)13-20-10-3-4-11-20/h1-2,5-9,12,19H,3-4,10-11,13H2. The molecular formula is C18H19N3O. The van der Waals surface area contributed by atoms with Gasteiger partial charge in [-0.2, -0.15) is 0 Å². The summed E-state index contributed by atoms with van der Waals surface area (Å²) in [5.41, 5.74) is 3.79. The Balaban J connectivity index is 1.71. The van der Waals surface area contributed by atoms with Gasteiger partial charge < -0.3 is 4.98 Å². The second-order valence-electron chi connectivity index (χ2n) is 5.90. The van der Waals surface area contributed by atoms with Crippen molar-refractivity contribution in [2.24, 2.45) is 0 Å². The Morgan fingerprint density at radius 3 is 2.68 bits per heavy atom. The van der Waals surface area contributed by atoms with E-state index in [4.69, 9.17) is 0 Å². The summed E-state index contributed by atoms with van der Waals surface area (Å²) in [4.78, 5) is 20.3. The van der Waals surface area contributed by atoms with Crippen molar-refractivity contribution in [3.8, 4) is 0 Å². The van der Waals surface area contributed by atoms with E-state index in [2.05, 4.69) is 9.88 Å². The van der Waals surface area contributed by atoms with E-state index in [1.165, 1.54) is 12.8 Å². The SMILES string of the molecule is O=C1C(=Cc2ccc[nH]2)c2ccccc2N1CN1CCCC1. The summed E-state index contributed by atoms with van der Waals surface area (Å²) in [6.45, 7) is 2.86. The number of anilines is 1. The van der Waals surface area contributed by atoms with Crippen molar-refractivity contribution in [3.05, 3.63) is 53.9 Å². The molecule has 0 bridgehead atoms. The molecule has 1 fully saturated rings. The van der Waals surface area contributed by atoms with Gasteiger partial charge in [-0.05, 0) is 50.2 Å². The lowest BCUT2D eigenvalue weighted by Gasteiger charge is -2.24. The maximum Gasteiger partial charge on any atom is 0.260 e. The van der Waals surface area contributed by atoms with Crippen LogP contribution in [0.2, 0.25) is 0 Å². The number of hydrogen-bond donors (Lipinski definition) is 1. The van der Waals surface area contributed by atoms with Crippen LogP contribution in [0, 0.1) is 0 Å². The van der Waals surface area contributed by atoms with Crippen molar-refractivity contribution in [2.45, 2.75) is 12.8 Å². The fourth-order valence-corrected chi connectivity index (χ4v) is 3.30. The number of fused-ring (bicyclic) bond motifs is 1. The third-order valence-electron chi connectivity index (χ3n) is 4.42. The van der Waals surface area contributed by atoms with E-state index in [0.29, 0.717) is 6.67 Å². The molecule has 1 N–H and O–H groups in total. The first-order valence-corrected chi connectivity index (χ1v) is 7.81. The second-order valence-corrected chi connectivity index (χ2v) is 5.90. The maximum absolute atomic E-state index is 12.9. The van der Waals surface area contributed by atoms with Gasteiger partial charge in [0.15, 0.2) is 0 Å². The molecule has 112 valence electrons. The average molecular weight is 293 g/mol. The first kappa shape index (κ1) is 13.3. The number of carbonyl (C=O) groups excluding carboxylic acids is 1. The molecule has 0 spiro atoms. The third kappa shape index (κ3) is 2.25. The minimum Gasteiger partial charge on any atom is -0.362 e. The van der Waals surface area contributed by atoms with Gasteiger partial charge in [-0.1, -0.05) is 18.2 Å². The van der Waals surface area contributed by atoms with Crippen LogP contribution in [0.15, 0.2) is 42.6 Å². The third-order valence-corrected chi connectivity index (χ3v) is 4.42. The minimum atomic E-state index is 0.0997. The Hall–Kier alpha value is -2.33. The van der Waals surface area contributed by atoms with E-state index in [9.17, 15) is 4.79 Å². The number of nitrogens with zero attached hydrogens (tertiary/aromatic N) is 2. The molecule has 2 aliphatic rings. The number of hydrogen-bond acceptors (Lipinski definition) is 2. The van der Waals surface area contributed by atoms with E-state index < -0.39 is 0 Å². The molecule has 1 aromatic heterocycles. The van der Waals surface area contributed by atoms with Gasteiger partial charge >= 0.3 is 0 Å². The molecule has 0 radical (unpaired) electrons. The number of rotatable bonds is 3. The zero-order valence-corrected chi connectivity index (χ0v) is 12.5. The predicted octanol–water partition coefficient (Wildman–Crippen LogP) is 2.96. The molecule has 0 atom stereocenters. The summed E-state index contributed by atoms with van der Waals surface area (Å²) in [5, 5.41) is 0. The molecule has 1 aromatic carbocycles. The minimum absolute atomic E-state index is 0.0997. The van der Waals surface area contributed by atoms with Gasteiger partial charge in [-0.25, -0.2) is 0 Å². The number of H-pyrrole nitrogens is 1. The van der Waals surface area contributed by atoms with E-state index >= 15 is 0 Å². The predicted molar refractivity (Wildman–Crippen MR) is 88.3 cm³/mol. The van der Waals surface area contributed by atoms with Crippen molar-refractivity contribution in [1.29, 1.82) is 0 Å². The van der Waals surface area contributed by atoms with Gasteiger partial charge in [0.05, 0.1) is 17.9 Å².